The van der Waals surface area contributed by atoms with Gasteiger partial charge >= 0.3 is 5.97 Å². The summed E-state index contributed by atoms with van der Waals surface area (Å²) in [6.45, 7) is 4.06. The topological polar surface area (TPSA) is 26.3 Å². The molecule has 2 saturated carbocycles. The number of carbonyl (C=O) groups is 1. The van der Waals surface area contributed by atoms with Crippen molar-refractivity contribution in [2.45, 2.75) is 83.7 Å². The number of ether oxygens (including phenoxy) is 1. The molecule has 1 atom stereocenters. The van der Waals surface area contributed by atoms with E-state index in [9.17, 15) is 4.79 Å². The van der Waals surface area contributed by atoms with Crippen molar-refractivity contribution in [1.29, 1.82) is 0 Å². The molecule has 0 aliphatic heterocycles. The zero-order chi connectivity index (χ0) is 13.0. The Balaban J connectivity index is 2.04. The normalized spacial score (nSPS) is 25.9. The van der Waals surface area contributed by atoms with E-state index >= 15 is 0 Å². The summed E-state index contributed by atoms with van der Waals surface area (Å²) in [4.78, 5) is 12.2. The van der Waals surface area contributed by atoms with E-state index in [1.807, 2.05) is 6.92 Å². The summed E-state index contributed by atoms with van der Waals surface area (Å²) in [6, 6.07) is 0. The number of carbonyl (C=O) groups excluding carboxylic acids is 1. The van der Waals surface area contributed by atoms with Crippen LogP contribution in [-0.2, 0) is 9.53 Å². The zero-order valence-corrected chi connectivity index (χ0v) is 12.0. The van der Waals surface area contributed by atoms with Gasteiger partial charge in [-0.15, -0.1) is 0 Å². The molecule has 0 saturated heterocycles. The molecule has 0 aromatic carbocycles. The molecular weight excluding hydrogens is 224 g/mol. The second kappa shape index (κ2) is 6.08. The third-order valence-electron chi connectivity index (χ3n) is 5.12. The van der Waals surface area contributed by atoms with Crippen LogP contribution in [0.1, 0.15) is 78.1 Å². The number of esters is 1. The maximum absolute atomic E-state index is 12.2. The van der Waals surface area contributed by atoms with E-state index in [1.165, 1.54) is 44.9 Å². The van der Waals surface area contributed by atoms with E-state index in [0.717, 1.165) is 19.3 Å². The van der Waals surface area contributed by atoms with Crippen LogP contribution in [0.3, 0.4) is 0 Å². The molecule has 0 aromatic heterocycles. The molecule has 2 aliphatic rings. The predicted octanol–water partition coefficient (Wildman–Crippen LogP) is 4.47. The van der Waals surface area contributed by atoms with Crippen LogP contribution in [0, 0.1) is 11.8 Å². The van der Waals surface area contributed by atoms with Crippen molar-refractivity contribution in [2.75, 3.05) is 0 Å². The Hall–Kier alpha value is -0.530. The molecule has 0 N–H and O–H groups in total. The standard InChI is InChI=1S/C16H28O2/c1-3-13(2)15(17)18-16(11-7-8-12-16)14-9-5-4-6-10-14/h13-14H,3-12H2,1-2H3. The maximum atomic E-state index is 12.2. The Bertz CT molecular complexity index is 273. The van der Waals surface area contributed by atoms with Gasteiger partial charge in [-0.25, -0.2) is 0 Å². The molecule has 2 fully saturated rings. The Kier molecular flexibility index (Phi) is 4.69. The molecule has 104 valence electrons. The second-order valence-electron chi connectivity index (χ2n) is 6.34. The van der Waals surface area contributed by atoms with Crippen molar-refractivity contribution in [3.8, 4) is 0 Å². The molecule has 0 spiro atoms. The van der Waals surface area contributed by atoms with Gasteiger partial charge in [-0.1, -0.05) is 33.1 Å². The molecule has 18 heavy (non-hydrogen) atoms. The largest absolute Gasteiger partial charge is 0.459 e. The SMILES string of the molecule is CCC(C)C(=O)OC1(C2CCCCC2)CCCC1. The summed E-state index contributed by atoms with van der Waals surface area (Å²) in [6.07, 6.45) is 12.2. The number of rotatable bonds is 4. The third-order valence-corrected chi connectivity index (χ3v) is 5.12. The first-order valence-electron chi connectivity index (χ1n) is 7.91. The molecular formula is C16H28O2. The van der Waals surface area contributed by atoms with E-state index in [0.29, 0.717) is 5.92 Å². The first-order chi connectivity index (χ1) is 8.68. The summed E-state index contributed by atoms with van der Waals surface area (Å²) in [5, 5.41) is 0. The highest BCUT2D eigenvalue weighted by molar-refractivity contribution is 5.72. The monoisotopic (exact) mass is 252 g/mol. The average molecular weight is 252 g/mol. The highest BCUT2D eigenvalue weighted by atomic mass is 16.6. The van der Waals surface area contributed by atoms with Gasteiger partial charge in [0.25, 0.3) is 0 Å². The predicted molar refractivity (Wildman–Crippen MR) is 73.3 cm³/mol. The van der Waals surface area contributed by atoms with Crippen molar-refractivity contribution in [3.63, 3.8) is 0 Å². The van der Waals surface area contributed by atoms with Gasteiger partial charge in [0, 0.05) is 0 Å². The van der Waals surface area contributed by atoms with Gasteiger partial charge in [0.2, 0.25) is 0 Å². The van der Waals surface area contributed by atoms with Gasteiger partial charge in [-0.2, -0.15) is 0 Å². The Morgan fingerprint density at radius 2 is 1.78 bits per heavy atom. The molecule has 0 heterocycles. The Morgan fingerprint density at radius 3 is 2.33 bits per heavy atom. The fourth-order valence-electron chi connectivity index (χ4n) is 3.66. The lowest BCUT2D eigenvalue weighted by molar-refractivity contribution is -0.172. The fourth-order valence-corrected chi connectivity index (χ4v) is 3.66. The molecule has 2 nitrogen and oxygen atoms in total. The lowest BCUT2D eigenvalue weighted by Crippen LogP contribution is -2.42. The molecule has 0 radical (unpaired) electrons. The summed E-state index contributed by atoms with van der Waals surface area (Å²) >= 11 is 0. The number of hydrogen-bond donors (Lipinski definition) is 0. The van der Waals surface area contributed by atoms with Gasteiger partial charge in [0.05, 0.1) is 5.92 Å². The third kappa shape index (κ3) is 2.89. The molecule has 0 amide bonds. The Labute approximate surface area is 111 Å². The summed E-state index contributed by atoms with van der Waals surface area (Å²) in [7, 11) is 0. The van der Waals surface area contributed by atoms with Crippen molar-refractivity contribution in [3.05, 3.63) is 0 Å². The van der Waals surface area contributed by atoms with Crippen molar-refractivity contribution in [1.82, 2.24) is 0 Å². The maximum Gasteiger partial charge on any atom is 0.309 e. The molecule has 0 aromatic rings. The fraction of sp³-hybridized carbons (Fsp3) is 0.938. The van der Waals surface area contributed by atoms with Crippen LogP contribution in [0.5, 0.6) is 0 Å². The molecule has 0 bridgehead atoms. The van der Waals surface area contributed by atoms with Gasteiger partial charge in [-0.3, -0.25) is 4.79 Å². The van der Waals surface area contributed by atoms with E-state index in [-0.39, 0.29) is 17.5 Å². The van der Waals surface area contributed by atoms with Crippen LogP contribution < -0.4 is 0 Å². The highest BCUT2D eigenvalue weighted by Crippen LogP contribution is 2.45. The van der Waals surface area contributed by atoms with Crippen molar-refractivity contribution < 1.29 is 9.53 Å². The van der Waals surface area contributed by atoms with Gasteiger partial charge in [-0.05, 0) is 50.9 Å². The average Bonchev–Trinajstić information content (AvgIpc) is 2.88. The van der Waals surface area contributed by atoms with E-state index in [1.54, 1.807) is 0 Å². The summed E-state index contributed by atoms with van der Waals surface area (Å²) in [5.41, 5.74) is -0.0824. The van der Waals surface area contributed by atoms with Gasteiger partial charge in [0.1, 0.15) is 5.60 Å². The molecule has 1 unspecified atom stereocenters. The van der Waals surface area contributed by atoms with Crippen molar-refractivity contribution >= 4 is 5.97 Å². The van der Waals surface area contributed by atoms with Crippen LogP contribution in [0.15, 0.2) is 0 Å². The lowest BCUT2D eigenvalue weighted by Gasteiger charge is -2.40. The summed E-state index contributed by atoms with van der Waals surface area (Å²) in [5.74, 6) is 0.748. The minimum absolute atomic E-state index is 0.0463. The van der Waals surface area contributed by atoms with Gasteiger partial charge in [0.15, 0.2) is 0 Å². The second-order valence-corrected chi connectivity index (χ2v) is 6.34. The summed E-state index contributed by atoms with van der Waals surface area (Å²) < 4.78 is 6.05. The molecule has 2 rings (SSSR count). The quantitative estimate of drug-likeness (QED) is 0.690. The van der Waals surface area contributed by atoms with Crippen LogP contribution >= 0.6 is 0 Å². The Morgan fingerprint density at radius 1 is 1.17 bits per heavy atom. The van der Waals surface area contributed by atoms with Gasteiger partial charge < -0.3 is 4.74 Å². The first kappa shape index (κ1) is 13.9. The van der Waals surface area contributed by atoms with E-state index < -0.39 is 0 Å². The van der Waals surface area contributed by atoms with Crippen LogP contribution in [0.25, 0.3) is 0 Å². The first-order valence-corrected chi connectivity index (χ1v) is 7.91. The van der Waals surface area contributed by atoms with Crippen molar-refractivity contribution in [2.24, 2.45) is 11.8 Å². The molecule has 2 heteroatoms. The minimum atomic E-state index is -0.0824. The van der Waals surface area contributed by atoms with Crippen LogP contribution in [-0.4, -0.2) is 11.6 Å². The van der Waals surface area contributed by atoms with Crippen LogP contribution in [0.4, 0.5) is 0 Å². The van der Waals surface area contributed by atoms with E-state index in [4.69, 9.17) is 4.74 Å². The highest BCUT2D eigenvalue weighted by Gasteiger charge is 2.45. The smallest absolute Gasteiger partial charge is 0.309 e. The lowest BCUT2D eigenvalue weighted by atomic mass is 9.75. The number of hydrogen-bond acceptors (Lipinski definition) is 2. The van der Waals surface area contributed by atoms with Crippen LogP contribution in [0.2, 0.25) is 0 Å². The van der Waals surface area contributed by atoms with E-state index in [2.05, 4.69) is 6.92 Å². The minimum Gasteiger partial charge on any atom is -0.459 e. The zero-order valence-electron chi connectivity index (χ0n) is 12.0. The molecule has 2 aliphatic carbocycles.